The van der Waals surface area contributed by atoms with Gasteiger partial charge in [-0.15, -0.1) is 0 Å². The van der Waals surface area contributed by atoms with Gasteiger partial charge in [0, 0.05) is 29.9 Å². The van der Waals surface area contributed by atoms with Crippen LogP contribution in [-0.4, -0.2) is 34.5 Å². The van der Waals surface area contributed by atoms with Gasteiger partial charge in [-0.25, -0.2) is 4.98 Å². The maximum Gasteiger partial charge on any atom is 0.251 e. The van der Waals surface area contributed by atoms with Crippen LogP contribution in [0.5, 0.6) is 0 Å². The standard InChI is InChI=1S/C22H25N5OS/c28-21(24-17-9-10-18-16(11-17)12-23-27-18)15-7-5-14(6-8-15)13-29-22-25-19-3-1-2-4-20(19)26-22/h1-8,16-18,23,27H,9-13H2,(H,24,28)(H,25,26). The van der Waals surface area contributed by atoms with Crippen molar-refractivity contribution in [2.45, 2.75) is 42.3 Å². The quantitative estimate of drug-likeness (QED) is 0.488. The Hall–Kier alpha value is -2.35. The molecule has 7 heteroatoms. The number of nitrogens with one attached hydrogen (secondary N) is 4. The number of H-pyrrole nitrogens is 1. The van der Waals surface area contributed by atoms with E-state index in [-0.39, 0.29) is 11.9 Å². The second kappa shape index (κ2) is 8.18. The minimum atomic E-state index is 0.0313. The van der Waals surface area contributed by atoms with Crippen molar-refractivity contribution in [3.05, 3.63) is 59.7 Å². The predicted octanol–water partition coefficient (Wildman–Crippen LogP) is 3.23. The highest BCUT2D eigenvalue weighted by molar-refractivity contribution is 7.98. The van der Waals surface area contributed by atoms with Gasteiger partial charge in [0.2, 0.25) is 0 Å². The number of fused-ring (bicyclic) bond motifs is 2. The van der Waals surface area contributed by atoms with Crippen LogP contribution in [0.15, 0.2) is 53.7 Å². The molecule has 29 heavy (non-hydrogen) atoms. The zero-order valence-corrected chi connectivity index (χ0v) is 17.0. The zero-order chi connectivity index (χ0) is 19.6. The molecule has 2 aliphatic rings. The number of benzene rings is 2. The Morgan fingerprint density at radius 3 is 2.86 bits per heavy atom. The molecule has 1 aliphatic carbocycles. The van der Waals surface area contributed by atoms with Crippen LogP contribution in [0.3, 0.4) is 0 Å². The average Bonchev–Trinajstić information content (AvgIpc) is 3.38. The molecule has 6 nitrogen and oxygen atoms in total. The van der Waals surface area contributed by atoms with E-state index in [4.69, 9.17) is 0 Å². The van der Waals surface area contributed by atoms with Crippen molar-refractivity contribution in [1.29, 1.82) is 0 Å². The summed E-state index contributed by atoms with van der Waals surface area (Å²) < 4.78 is 0. The minimum absolute atomic E-state index is 0.0313. The van der Waals surface area contributed by atoms with Gasteiger partial charge < -0.3 is 10.3 Å². The molecule has 3 aromatic rings. The lowest BCUT2D eigenvalue weighted by Crippen LogP contribution is -2.44. The maximum atomic E-state index is 12.6. The number of hydrogen-bond acceptors (Lipinski definition) is 5. The number of carbonyl (C=O) groups excluding carboxylic acids is 1. The molecule has 0 spiro atoms. The molecule has 1 aliphatic heterocycles. The molecule has 5 rings (SSSR count). The lowest BCUT2D eigenvalue weighted by Gasteiger charge is -2.31. The van der Waals surface area contributed by atoms with E-state index in [0.29, 0.717) is 12.0 Å². The molecule has 4 N–H and O–H groups in total. The number of imidazole rings is 1. The summed E-state index contributed by atoms with van der Waals surface area (Å²) in [6.07, 6.45) is 3.19. The largest absolute Gasteiger partial charge is 0.349 e. The number of aromatic amines is 1. The highest BCUT2D eigenvalue weighted by atomic mass is 32.2. The molecule has 0 radical (unpaired) electrons. The number of para-hydroxylation sites is 2. The summed E-state index contributed by atoms with van der Waals surface area (Å²) in [4.78, 5) is 20.6. The number of carbonyl (C=O) groups is 1. The van der Waals surface area contributed by atoms with Crippen molar-refractivity contribution in [2.75, 3.05) is 6.54 Å². The van der Waals surface area contributed by atoms with Crippen LogP contribution < -0.4 is 16.2 Å². The fraction of sp³-hybridized carbons (Fsp3) is 0.364. The van der Waals surface area contributed by atoms with E-state index in [1.165, 1.54) is 5.56 Å². The molecule has 0 bridgehead atoms. The first-order chi connectivity index (χ1) is 14.2. The van der Waals surface area contributed by atoms with Crippen LogP contribution in [-0.2, 0) is 5.75 Å². The molecule has 1 amide bonds. The molecule has 150 valence electrons. The Kier molecular flexibility index (Phi) is 5.26. The third-order valence-electron chi connectivity index (χ3n) is 5.93. The Balaban J connectivity index is 1.16. The number of hydrogen-bond donors (Lipinski definition) is 4. The molecular formula is C22H25N5OS. The highest BCUT2D eigenvalue weighted by Crippen LogP contribution is 2.27. The van der Waals surface area contributed by atoms with Gasteiger partial charge in [0.05, 0.1) is 11.0 Å². The summed E-state index contributed by atoms with van der Waals surface area (Å²) in [6, 6.07) is 16.8. The van der Waals surface area contributed by atoms with Gasteiger partial charge in [0.1, 0.15) is 0 Å². The maximum absolute atomic E-state index is 12.6. The SMILES string of the molecule is O=C(NC1CCC2NNCC2C1)c1ccc(CSc2nc3ccccc3[nH]2)cc1. The summed E-state index contributed by atoms with van der Waals surface area (Å²) >= 11 is 1.67. The minimum Gasteiger partial charge on any atom is -0.349 e. The van der Waals surface area contributed by atoms with Crippen LogP contribution in [0.4, 0.5) is 0 Å². The van der Waals surface area contributed by atoms with E-state index in [1.54, 1.807) is 11.8 Å². The molecule has 1 saturated heterocycles. The van der Waals surface area contributed by atoms with E-state index in [0.717, 1.165) is 53.3 Å². The number of nitrogens with zero attached hydrogens (tertiary/aromatic N) is 1. The number of aromatic nitrogens is 2. The normalized spacial score (nSPS) is 23.8. The third kappa shape index (κ3) is 4.17. The van der Waals surface area contributed by atoms with Crippen molar-refractivity contribution in [3.63, 3.8) is 0 Å². The first-order valence-electron chi connectivity index (χ1n) is 10.2. The molecule has 3 unspecified atom stereocenters. The second-order valence-electron chi connectivity index (χ2n) is 7.92. The van der Waals surface area contributed by atoms with Crippen LogP contribution in [0, 0.1) is 5.92 Å². The van der Waals surface area contributed by atoms with Crippen LogP contribution in [0.1, 0.15) is 35.2 Å². The number of hydrazine groups is 1. The highest BCUT2D eigenvalue weighted by Gasteiger charge is 2.34. The van der Waals surface area contributed by atoms with Gasteiger partial charge in [-0.05, 0) is 55.0 Å². The summed E-state index contributed by atoms with van der Waals surface area (Å²) in [5.74, 6) is 1.46. The van der Waals surface area contributed by atoms with Crippen molar-refractivity contribution < 1.29 is 4.79 Å². The van der Waals surface area contributed by atoms with Gasteiger partial charge >= 0.3 is 0 Å². The van der Waals surface area contributed by atoms with E-state index in [2.05, 4.69) is 26.1 Å². The van der Waals surface area contributed by atoms with Crippen molar-refractivity contribution >= 4 is 28.7 Å². The van der Waals surface area contributed by atoms with E-state index in [9.17, 15) is 4.79 Å². The van der Waals surface area contributed by atoms with Gasteiger partial charge in [-0.1, -0.05) is 36.0 Å². The Labute approximate surface area is 174 Å². The monoisotopic (exact) mass is 407 g/mol. The van der Waals surface area contributed by atoms with E-state index >= 15 is 0 Å². The topological polar surface area (TPSA) is 81.8 Å². The van der Waals surface area contributed by atoms with Gasteiger partial charge in [0.15, 0.2) is 5.16 Å². The summed E-state index contributed by atoms with van der Waals surface area (Å²) in [5, 5.41) is 4.14. The van der Waals surface area contributed by atoms with Gasteiger partial charge in [-0.2, -0.15) is 0 Å². The fourth-order valence-corrected chi connectivity index (χ4v) is 5.14. The van der Waals surface area contributed by atoms with E-state index < -0.39 is 0 Å². The lowest BCUT2D eigenvalue weighted by atomic mass is 9.83. The fourth-order valence-electron chi connectivity index (χ4n) is 4.30. The second-order valence-corrected chi connectivity index (χ2v) is 8.88. The lowest BCUT2D eigenvalue weighted by molar-refractivity contribution is 0.0918. The van der Waals surface area contributed by atoms with E-state index in [1.807, 2.05) is 48.5 Å². The van der Waals surface area contributed by atoms with Crippen molar-refractivity contribution in [3.8, 4) is 0 Å². The zero-order valence-electron chi connectivity index (χ0n) is 16.2. The summed E-state index contributed by atoms with van der Waals surface area (Å²) in [5.41, 5.74) is 10.5. The number of rotatable bonds is 5. The Bertz CT molecular complexity index is 969. The predicted molar refractivity (Wildman–Crippen MR) is 116 cm³/mol. The van der Waals surface area contributed by atoms with Crippen molar-refractivity contribution in [2.24, 2.45) is 5.92 Å². The molecule has 3 atom stereocenters. The molecule has 1 aromatic heterocycles. The molecule has 2 aromatic carbocycles. The smallest absolute Gasteiger partial charge is 0.251 e. The molecule has 2 fully saturated rings. The number of amides is 1. The van der Waals surface area contributed by atoms with Crippen LogP contribution in [0.2, 0.25) is 0 Å². The first kappa shape index (κ1) is 18.7. The third-order valence-corrected chi connectivity index (χ3v) is 6.87. The number of thioether (sulfide) groups is 1. The Morgan fingerprint density at radius 1 is 1.14 bits per heavy atom. The molecule has 2 heterocycles. The van der Waals surface area contributed by atoms with Crippen LogP contribution in [0.25, 0.3) is 11.0 Å². The summed E-state index contributed by atoms with van der Waals surface area (Å²) in [6.45, 7) is 0.995. The summed E-state index contributed by atoms with van der Waals surface area (Å²) in [7, 11) is 0. The van der Waals surface area contributed by atoms with Gasteiger partial charge in [-0.3, -0.25) is 15.6 Å². The Morgan fingerprint density at radius 2 is 2.00 bits per heavy atom. The molecular weight excluding hydrogens is 382 g/mol. The van der Waals surface area contributed by atoms with Gasteiger partial charge in [0.25, 0.3) is 5.91 Å². The van der Waals surface area contributed by atoms with Crippen molar-refractivity contribution in [1.82, 2.24) is 26.1 Å². The molecule has 1 saturated carbocycles. The average molecular weight is 408 g/mol. The van der Waals surface area contributed by atoms with Crippen LogP contribution >= 0.6 is 11.8 Å². The first-order valence-corrected chi connectivity index (χ1v) is 11.2.